The van der Waals surface area contributed by atoms with Crippen LogP contribution in [0.3, 0.4) is 0 Å². The third kappa shape index (κ3) is 8.10. The van der Waals surface area contributed by atoms with E-state index in [4.69, 9.17) is 9.47 Å². The molecule has 8 nitrogen and oxygen atoms in total. The van der Waals surface area contributed by atoms with Crippen LogP contribution in [-0.2, 0) is 6.61 Å². The lowest BCUT2D eigenvalue weighted by Crippen LogP contribution is -1.99. The molecule has 0 fully saturated rings. The molecule has 0 saturated carbocycles. The Morgan fingerprint density at radius 1 is 0.657 bits per heavy atom. The molecule has 0 saturated heterocycles. The summed E-state index contributed by atoms with van der Waals surface area (Å²) >= 11 is 0. The molecule has 8 heteroatoms. The molecule has 35 heavy (non-hydrogen) atoms. The van der Waals surface area contributed by atoms with Gasteiger partial charge in [-0.2, -0.15) is 0 Å². The number of nitro groups is 2. The number of unbranched alkanes of at least 4 members (excludes halogenated alkanes) is 5. The van der Waals surface area contributed by atoms with Crippen LogP contribution in [0.2, 0.25) is 0 Å². The van der Waals surface area contributed by atoms with Gasteiger partial charge in [-0.25, -0.2) is 0 Å². The fourth-order valence-electron chi connectivity index (χ4n) is 3.68. The highest BCUT2D eigenvalue weighted by molar-refractivity contribution is 5.64. The van der Waals surface area contributed by atoms with Gasteiger partial charge < -0.3 is 9.47 Å². The summed E-state index contributed by atoms with van der Waals surface area (Å²) in [6.45, 7) is 2.92. The van der Waals surface area contributed by atoms with Gasteiger partial charge in [-0.15, -0.1) is 0 Å². The zero-order chi connectivity index (χ0) is 25.0. The molecular formula is C27H30N2O6. The van der Waals surface area contributed by atoms with Gasteiger partial charge in [0.15, 0.2) is 0 Å². The van der Waals surface area contributed by atoms with Crippen molar-refractivity contribution in [3.05, 3.63) is 92.5 Å². The van der Waals surface area contributed by atoms with E-state index in [1.165, 1.54) is 44.2 Å². The monoisotopic (exact) mass is 478 g/mol. The molecule has 0 unspecified atom stereocenters. The second-order valence-corrected chi connectivity index (χ2v) is 8.33. The van der Waals surface area contributed by atoms with E-state index in [1.807, 2.05) is 36.4 Å². The Labute approximate surface area is 204 Å². The first kappa shape index (κ1) is 25.7. The highest BCUT2D eigenvalue weighted by Gasteiger charge is 2.16. The Balaban J connectivity index is 1.52. The quantitative estimate of drug-likeness (QED) is 0.135. The fourth-order valence-corrected chi connectivity index (χ4v) is 3.68. The van der Waals surface area contributed by atoms with Gasteiger partial charge in [0.05, 0.1) is 22.5 Å². The summed E-state index contributed by atoms with van der Waals surface area (Å²) in [7, 11) is 0. The smallest absolute Gasteiger partial charge is 0.276 e. The van der Waals surface area contributed by atoms with Crippen LogP contribution < -0.4 is 9.47 Å². The summed E-state index contributed by atoms with van der Waals surface area (Å²) in [5.74, 6) is 1.41. The van der Waals surface area contributed by atoms with Crippen LogP contribution in [-0.4, -0.2) is 16.5 Å². The molecule has 0 aliphatic carbocycles. The van der Waals surface area contributed by atoms with E-state index in [0.717, 1.165) is 36.0 Å². The van der Waals surface area contributed by atoms with E-state index in [2.05, 4.69) is 6.92 Å². The van der Waals surface area contributed by atoms with Crippen LogP contribution in [0, 0.1) is 20.2 Å². The van der Waals surface area contributed by atoms with Gasteiger partial charge in [0, 0.05) is 17.7 Å². The first-order chi connectivity index (χ1) is 17.0. The first-order valence-corrected chi connectivity index (χ1v) is 11.8. The molecular weight excluding hydrogens is 448 g/mol. The molecule has 3 aromatic carbocycles. The number of hydrogen-bond donors (Lipinski definition) is 0. The third-order valence-corrected chi connectivity index (χ3v) is 5.60. The van der Waals surface area contributed by atoms with Crippen molar-refractivity contribution in [3.8, 4) is 22.6 Å². The van der Waals surface area contributed by atoms with E-state index in [9.17, 15) is 20.2 Å². The van der Waals surface area contributed by atoms with Crippen molar-refractivity contribution >= 4 is 11.4 Å². The van der Waals surface area contributed by atoms with Gasteiger partial charge in [-0.3, -0.25) is 20.2 Å². The van der Waals surface area contributed by atoms with Gasteiger partial charge in [0.25, 0.3) is 11.4 Å². The second-order valence-electron chi connectivity index (χ2n) is 8.33. The van der Waals surface area contributed by atoms with Gasteiger partial charge in [0.2, 0.25) is 0 Å². The van der Waals surface area contributed by atoms with Crippen LogP contribution in [0.1, 0.15) is 51.0 Å². The average molecular weight is 479 g/mol. The number of benzene rings is 3. The number of ether oxygens (including phenoxy) is 2. The van der Waals surface area contributed by atoms with Gasteiger partial charge in [0.1, 0.15) is 18.1 Å². The molecule has 0 spiro atoms. The molecule has 0 N–H and O–H groups in total. The van der Waals surface area contributed by atoms with Crippen molar-refractivity contribution in [2.75, 3.05) is 6.61 Å². The molecule has 0 aliphatic rings. The molecule has 184 valence electrons. The number of nitrogens with zero attached hydrogens (tertiary/aromatic N) is 2. The van der Waals surface area contributed by atoms with Crippen LogP contribution in [0.4, 0.5) is 11.4 Å². The molecule has 0 amide bonds. The van der Waals surface area contributed by atoms with E-state index in [-0.39, 0.29) is 18.0 Å². The minimum atomic E-state index is -0.656. The predicted molar refractivity (Wildman–Crippen MR) is 135 cm³/mol. The first-order valence-electron chi connectivity index (χ1n) is 11.8. The standard InChI is InChI=1S/C27H30N2O6/c1-2-3-4-5-6-7-16-34-26-12-8-22(9-13-26)23-10-14-27(15-11-23)35-20-21-17-24(28(30)31)19-25(18-21)29(32)33/h8-15,17-19H,2-7,16,20H2,1H3. The van der Waals surface area contributed by atoms with Crippen LogP contribution in [0.25, 0.3) is 11.1 Å². The summed E-state index contributed by atoms with van der Waals surface area (Å²) < 4.78 is 11.5. The molecule has 0 heterocycles. The largest absolute Gasteiger partial charge is 0.494 e. The maximum atomic E-state index is 11.0. The average Bonchev–Trinajstić information content (AvgIpc) is 2.87. The topological polar surface area (TPSA) is 105 Å². The van der Waals surface area contributed by atoms with Gasteiger partial charge >= 0.3 is 0 Å². The Morgan fingerprint density at radius 3 is 1.66 bits per heavy atom. The summed E-state index contributed by atoms with van der Waals surface area (Å²) in [6.07, 6.45) is 7.39. The van der Waals surface area contributed by atoms with Crippen molar-refractivity contribution in [1.29, 1.82) is 0 Å². The highest BCUT2D eigenvalue weighted by atomic mass is 16.6. The number of rotatable bonds is 14. The van der Waals surface area contributed by atoms with E-state index in [1.54, 1.807) is 12.1 Å². The zero-order valence-corrected chi connectivity index (χ0v) is 19.9. The molecule has 0 radical (unpaired) electrons. The summed E-state index contributed by atoms with van der Waals surface area (Å²) in [6, 6.07) is 18.8. The van der Waals surface area contributed by atoms with Crippen molar-refractivity contribution in [1.82, 2.24) is 0 Å². The number of hydrogen-bond acceptors (Lipinski definition) is 6. The molecule has 3 rings (SSSR count). The van der Waals surface area contributed by atoms with Crippen LogP contribution in [0.15, 0.2) is 66.7 Å². The molecule has 3 aromatic rings. The van der Waals surface area contributed by atoms with Crippen LogP contribution in [0.5, 0.6) is 11.5 Å². The molecule has 0 aromatic heterocycles. The molecule has 0 aliphatic heterocycles. The zero-order valence-electron chi connectivity index (χ0n) is 19.9. The lowest BCUT2D eigenvalue weighted by Gasteiger charge is -2.09. The fraction of sp³-hybridized carbons (Fsp3) is 0.333. The van der Waals surface area contributed by atoms with E-state index < -0.39 is 9.85 Å². The lowest BCUT2D eigenvalue weighted by atomic mass is 10.1. The predicted octanol–water partition coefficient (Wildman–Crippen LogP) is 7.49. The second kappa shape index (κ2) is 13.1. The third-order valence-electron chi connectivity index (χ3n) is 5.60. The Bertz CT molecular complexity index is 1080. The van der Waals surface area contributed by atoms with Crippen molar-refractivity contribution in [2.45, 2.75) is 52.1 Å². The van der Waals surface area contributed by atoms with Crippen molar-refractivity contribution < 1.29 is 19.3 Å². The molecule has 0 bridgehead atoms. The van der Waals surface area contributed by atoms with Gasteiger partial charge in [-0.1, -0.05) is 63.3 Å². The molecule has 0 atom stereocenters. The summed E-state index contributed by atoms with van der Waals surface area (Å²) in [5.41, 5.74) is 1.72. The summed E-state index contributed by atoms with van der Waals surface area (Å²) in [4.78, 5) is 20.8. The summed E-state index contributed by atoms with van der Waals surface area (Å²) in [5, 5.41) is 22.1. The minimum absolute atomic E-state index is 0.0213. The minimum Gasteiger partial charge on any atom is -0.494 e. The van der Waals surface area contributed by atoms with Gasteiger partial charge in [-0.05, 0) is 41.8 Å². The van der Waals surface area contributed by atoms with Crippen molar-refractivity contribution in [2.24, 2.45) is 0 Å². The van der Waals surface area contributed by atoms with Crippen molar-refractivity contribution in [3.63, 3.8) is 0 Å². The number of non-ortho nitro benzene ring substituents is 2. The maximum Gasteiger partial charge on any atom is 0.276 e. The van der Waals surface area contributed by atoms with E-state index in [0.29, 0.717) is 11.3 Å². The highest BCUT2D eigenvalue weighted by Crippen LogP contribution is 2.27. The lowest BCUT2D eigenvalue weighted by molar-refractivity contribution is -0.394. The van der Waals surface area contributed by atoms with E-state index >= 15 is 0 Å². The number of nitro benzene ring substituents is 2. The Kier molecular flexibility index (Phi) is 9.59. The Morgan fingerprint density at radius 2 is 1.14 bits per heavy atom. The SMILES string of the molecule is CCCCCCCCOc1ccc(-c2ccc(OCc3cc([N+](=O)[O-])cc([N+](=O)[O-])c3)cc2)cc1. The normalized spacial score (nSPS) is 10.7. The Hall–Kier alpha value is -3.94. The maximum absolute atomic E-state index is 11.0. The van der Waals surface area contributed by atoms with Crippen LogP contribution >= 0.6 is 0 Å².